The molecule has 0 unspecified atom stereocenters. The van der Waals surface area contributed by atoms with Crippen molar-refractivity contribution in [3.8, 4) is 11.5 Å². The molecule has 4 nitrogen and oxygen atoms in total. The molecule has 0 heterocycles. The van der Waals surface area contributed by atoms with Gasteiger partial charge in [0.25, 0.3) is 0 Å². The van der Waals surface area contributed by atoms with Crippen LogP contribution in [0, 0.1) is 6.92 Å². The fourth-order valence-electron chi connectivity index (χ4n) is 1.80. The largest absolute Gasteiger partial charge is 0.469 e. The molecule has 0 saturated carbocycles. The van der Waals surface area contributed by atoms with Gasteiger partial charge in [0.05, 0.1) is 19.2 Å². The van der Waals surface area contributed by atoms with Gasteiger partial charge in [-0.1, -0.05) is 18.2 Å². The molecule has 2 N–H and O–H groups in total. The maximum atomic E-state index is 11.2. The molecule has 0 aliphatic heterocycles. The predicted molar refractivity (Wildman–Crippen MR) is 77.8 cm³/mol. The lowest BCUT2D eigenvalue weighted by Crippen LogP contribution is -2.04. The van der Waals surface area contributed by atoms with Crippen molar-refractivity contribution in [3.63, 3.8) is 0 Å². The lowest BCUT2D eigenvalue weighted by molar-refractivity contribution is -0.139. The Hall–Kier alpha value is -2.49. The molecular weight excluding hydrogens is 254 g/mol. The van der Waals surface area contributed by atoms with Gasteiger partial charge in [-0.15, -0.1) is 0 Å². The van der Waals surface area contributed by atoms with Gasteiger partial charge < -0.3 is 15.2 Å². The third kappa shape index (κ3) is 3.51. The third-order valence-corrected chi connectivity index (χ3v) is 2.89. The fourth-order valence-corrected chi connectivity index (χ4v) is 1.80. The molecule has 0 aliphatic carbocycles. The first-order valence-corrected chi connectivity index (χ1v) is 6.28. The van der Waals surface area contributed by atoms with E-state index in [4.69, 9.17) is 10.5 Å². The third-order valence-electron chi connectivity index (χ3n) is 2.89. The highest BCUT2D eigenvalue weighted by atomic mass is 16.5. The average Bonchev–Trinajstić information content (AvgIpc) is 2.44. The van der Waals surface area contributed by atoms with E-state index in [1.165, 1.54) is 7.11 Å². The number of anilines is 1. The summed E-state index contributed by atoms with van der Waals surface area (Å²) in [5, 5.41) is 0. The van der Waals surface area contributed by atoms with E-state index in [0.29, 0.717) is 17.2 Å². The Labute approximate surface area is 118 Å². The van der Waals surface area contributed by atoms with Gasteiger partial charge in [0.1, 0.15) is 11.5 Å². The Morgan fingerprint density at radius 2 is 1.85 bits per heavy atom. The van der Waals surface area contributed by atoms with Crippen molar-refractivity contribution in [2.24, 2.45) is 0 Å². The highest BCUT2D eigenvalue weighted by Crippen LogP contribution is 2.28. The summed E-state index contributed by atoms with van der Waals surface area (Å²) in [6.45, 7) is 1.97. The Bertz CT molecular complexity index is 606. The normalized spacial score (nSPS) is 10.1. The van der Waals surface area contributed by atoms with Crippen molar-refractivity contribution < 1.29 is 14.3 Å². The Balaban J connectivity index is 2.08. The molecule has 0 aliphatic rings. The molecule has 0 aromatic heterocycles. The summed E-state index contributed by atoms with van der Waals surface area (Å²) < 4.78 is 10.3. The molecular formula is C16H17NO3. The zero-order chi connectivity index (χ0) is 14.5. The number of aryl methyl sites for hydroxylation is 1. The minimum absolute atomic E-state index is 0.253. The zero-order valence-corrected chi connectivity index (χ0v) is 11.6. The Morgan fingerprint density at radius 3 is 2.45 bits per heavy atom. The highest BCUT2D eigenvalue weighted by Gasteiger charge is 2.05. The molecule has 2 aromatic carbocycles. The van der Waals surface area contributed by atoms with Crippen LogP contribution in [0.25, 0.3) is 0 Å². The predicted octanol–water partition coefficient (Wildman–Crippen LogP) is 3.09. The second kappa shape index (κ2) is 6.10. The molecule has 4 heteroatoms. The zero-order valence-electron chi connectivity index (χ0n) is 11.6. The van der Waals surface area contributed by atoms with Gasteiger partial charge in [0, 0.05) is 0 Å². The van der Waals surface area contributed by atoms with Crippen LogP contribution in [0.4, 0.5) is 5.69 Å². The van der Waals surface area contributed by atoms with E-state index in [-0.39, 0.29) is 12.4 Å². The summed E-state index contributed by atoms with van der Waals surface area (Å²) in [7, 11) is 1.37. The van der Waals surface area contributed by atoms with Crippen LogP contribution in [0.3, 0.4) is 0 Å². The van der Waals surface area contributed by atoms with Crippen molar-refractivity contribution in [3.05, 3.63) is 53.6 Å². The van der Waals surface area contributed by atoms with E-state index in [1.807, 2.05) is 37.3 Å². The number of hydrogen-bond acceptors (Lipinski definition) is 4. The number of rotatable bonds is 4. The van der Waals surface area contributed by atoms with Crippen LogP contribution in [0.2, 0.25) is 0 Å². The van der Waals surface area contributed by atoms with E-state index in [2.05, 4.69) is 4.74 Å². The fraction of sp³-hybridized carbons (Fsp3) is 0.188. The summed E-state index contributed by atoms with van der Waals surface area (Å²) in [6, 6.07) is 12.9. The number of methoxy groups -OCH3 is 1. The SMILES string of the molecule is COC(=O)Cc1ccc(Oc2ccc(C)cc2N)cc1. The number of ether oxygens (including phenoxy) is 2. The minimum Gasteiger partial charge on any atom is -0.469 e. The van der Waals surface area contributed by atoms with E-state index >= 15 is 0 Å². The summed E-state index contributed by atoms with van der Waals surface area (Å²) in [6.07, 6.45) is 0.253. The average molecular weight is 271 g/mol. The van der Waals surface area contributed by atoms with Crippen molar-refractivity contribution in [1.29, 1.82) is 0 Å². The van der Waals surface area contributed by atoms with Gasteiger partial charge in [0.15, 0.2) is 0 Å². The number of carbonyl (C=O) groups is 1. The molecule has 0 amide bonds. The standard InChI is InChI=1S/C16H17NO3/c1-11-3-8-15(14(17)9-11)20-13-6-4-12(5-7-13)10-16(18)19-2/h3-9H,10,17H2,1-2H3. The molecule has 0 bridgehead atoms. The van der Waals surface area contributed by atoms with Gasteiger partial charge in [-0.25, -0.2) is 0 Å². The Kier molecular flexibility index (Phi) is 4.25. The van der Waals surface area contributed by atoms with Gasteiger partial charge in [0.2, 0.25) is 0 Å². The quantitative estimate of drug-likeness (QED) is 0.685. The molecule has 0 fully saturated rings. The van der Waals surface area contributed by atoms with Crippen LogP contribution in [-0.2, 0) is 16.0 Å². The van der Waals surface area contributed by atoms with Crippen LogP contribution in [0.5, 0.6) is 11.5 Å². The first-order chi connectivity index (χ1) is 9.58. The Morgan fingerprint density at radius 1 is 1.15 bits per heavy atom. The highest BCUT2D eigenvalue weighted by molar-refractivity contribution is 5.72. The van der Waals surface area contributed by atoms with E-state index in [0.717, 1.165) is 11.1 Å². The number of carbonyl (C=O) groups excluding carboxylic acids is 1. The van der Waals surface area contributed by atoms with Crippen molar-refractivity contribution in [2.45, 2.75) is 13.3 Å². The number of benzene rings is 2. The van der Waals surface area contributed by atoms with Crippen molar-refractivity contribution in [2.75, 3.05) is 12.8 Å². The lowest BCUT2D eigenvalue weighted by Gasteiger charge is -2.09. The van der Waals surface area contributed by atoms with Crippen LogP contribution in [-0.4, -0.2) is 13.1 Å². The van der Waals surface area contributed by atoms with Gasteiger partial charge in [-0.3, -0.25) is 4.79 Å². The number of nitrogens with two attached hydrogens (primary N) is 1. The van der Waals surface area contributed by atoms with E-state index in [9.17, 15) is 4.79 Å². The number of esters is 1. The topological polar surface area (TPSA) is 61.5 Å². The van der Waals surface area contributed by atoms with Crippen LogP contribution < -0.4 is 10.5 Å². The smallest absolute Gasteiger partial charge is 0.309 e. The monoisotopic (exact) mass is 271 g/mol. The summed E-state index contributed by atoms with van der Waals surface area (Å²) >= 11 is 0. The number of hydrogen-bond donors (Lipinski definition) is 1. The van der Waals surface area contributed by atoms with Crippen molar-refractivity contribution >= 4 is 11.7 Å². The molecule has 0 spiro atoms. The second-order valence-electron chi connectivity index (χ2n) is 4.54. The van der Waals surface area contributed by atoms with Crippen LogP contribution >= 0.6 is 0 Å². The van der Waals surface area contributed by atoms with Crippen LogP contribution in [0.1, 0.15) is 11.1 Å². The second-order valence-corrected chi connectivity index (χ2v) is 4.54. The maximum absolute atomic E-state index is 11.2. The summed E-state index contributed by atoms with van der Waals surface area (Å²) in [4.78, 5) is 11.2. The minimum atomic E-state index is -0.263. The van der Waals surface area contributed by atoms with E-state index < -0.39 is 0 Å². The molecule has 2 rings (SSSR count). The molecule has 0 radical (unpaired) electrons. The summed E-state index contributed by atoms with van der Waals surface area (Å²) in [5.74, 6) is 1.03. The van der Waals surface area contributed by atoms with Crippen molar-refractivity contribution in [1.82, 2.24) is 0 Å². The van der Waals surface area contributed by atoms with Gasteiger partial charge in [-0.2, -0.15) is 0 Å². The molecule has 104 valence electrons. The van der Waals surface area contributed by atoms with Gasteiger partial charge in [-0.05, 0) is 42.3 Å². The molecule has 2 aromatic rings. The first-order valence-electron chi connectivity index (χ1n) is 6.28. The number of nitrogen functional groups attached to an aromatic ring is 1. The maximum Gasteiger partial charge on any atom is 0.309 e. The lowest BCUT2D eigenvalue weighted by atomic mass is 10.1. The van der Waals surface area contributed by atoms with Crippen LogP contribution in [0.15, 0.2) is 42.5 Å². The molecule has 0 atom stereocenters. The molecule has 20 heavy (non-hydrogen) atoms. The summed E-state index contributed by atoms with van der Waals surface area (Å²) in [5.41, 5.74) is 8.46. The van der Waals surface area contributed by atoms with E-state index in [1.54, 1.807) is 12.1 Å². The van der Waals surface area contributed by atoms with Gasteiger partial charge >= 0.3 is 5.97 Å². The first kappa shape index (κ1) is 13.9. The molecule has 0 saturated heterocycles.